The first-order valence-corrected chi connectivity index (χ1v) is 4.31. The number of nitrogens with one attached hydrogen (secondary N) is 1. The van der Waals surface area contributed by atoms with Crippen molar-refractivity contribution >= 4 is 11.3 Å². The molecule has 2 rings (SSSR count). The Morgan fingerprint density at radius 2 is 2.38 bits per heavy atom. The second-order valence-corrected chi connectivity index (χ2v) is 2.93. The fourth-order valence-corrected chi connectivity index (χ4v) is 1.30. The van der Waals surface area contributed by atoms with Crippen molar-refractivity contribution in [2.75, 3.05) is 25.6 Å². The van der Waals surface area contributed by atoms with Crippen molar-refractivity contribution in [1.82, 2.24) is 4.98 Å². The van der Waals surface area contributed by atoms with Gasteiger partial charge in [-0.1, -0.05) is 6.08 Å². The van der Waals surface area contributed by atoms with Crippen molar-refractivity contribution < 1.29 is 4.74 Å². The Kier molecular flexibility index (Phi) is 2.27. The largest absolute Gasteiger partial charge is 0.387 e. The third kappa shape index (κ3) is 1.70. The number of hydrogen-bond acceptors (Lipinski definition) is 3. The highest BCUT2D eigenvalue weighted by atomic mass is 16.5. The first kappa shape index (κ1) is 8.26. The van der Waals surface area contributed by atoms with Crippen molar-refractivity contribution in [3.05, 3.63) is 30.1 Å². The predicted octanol–water partition coefficient (Wildman–Crippen LogP) is 1.54. The summed E-state index contributed by atoms with van der Waals surface area (Å²) in [4.78, 5) is 4.32. The molecule has 1 aliphatic heterocycles. The Morgan fingerprint density at radius 3 is 2.92 bits per heavy atom. The second-order valence-electron chi connectivity index (χ2n) is 2.93. The summed E-state index contributed by atoms with van der Waals surface area (Å²) in [5.74, 6) is 0. The van der Waals surface area contributed by atoms with Crippen molar-refractivity contribution in [2.45, 2.75) is 0 Å². The van der Waals surface area contributed by atoms with E-state index in [2.05, 4.69) is 16.4 Å². The van der Waals surface area contributed by atoms with Crippen LogP contribution >= 0.6 is 0 Å². The zero-order chi connectivity index (χ0) is 9.10. The molecule has 0 atom stereocenters. The standard InChI is InChI=1S/C10H12N2O/c1-11-9-2-3-10(12-6-9)8-4-5-13-7-8/h2-4,6,11H,5,7H2,1H3. The fraction of sp³-hybridized carbons (Fsp3) is 0.300. The molecule has 0 amide bonds. The molecule has 13 heavy (non-hydrogen) atoms. The molecule has 1 N–H and O–H groups in total. The number of hydrogen-bond donors (Lipinski definition) is 1. The molecule has 1 aromatic rings. The molecule has 0 bridgehead atoms. The van der Waals surface area contributed by atoms with Gasteiger partial charge in [-0.2, -0.15) is 0 Å². The van der Waals surface area contributed by atoms with Crippen LogP contribution in [0, 0.1) is 0 Å². The summed E-state index contributed by atoms with van der Waals surface area (Å²) in [5, 5.41) is 3.03. The van der Waals surface area contributed by atoms with Crippen LogP contribution in [0.3, 0.4) is 0 Å². The van der Waals surface area contributed by atoms with Gasteiger partial charge in [-0.05, 0) is 12.1 Å². The first-order chi connectivity index (χ1) is 6.40. The molecular weight excluding hydrogens is 164 g/mol. The molecule has 0 saturated heterocycles. The number of aromatic nitrogens is 1. The topological polar surface area (TPSA) is 34.1 Å². The Labute approximate surface area is 77.4 Å². The van der Waals surface area contributed by atoms with E-state index in [0.717, 1.165) is 11.4 Å². The van der Waals surface area contributed by atoms with Crippen LogP contribution in [0.4, 0.5) is 5.69 Å². The van der Waals surface area contributed by atoms with E-state index in [1.807, 2.05) is 25.4 Å². The molecule has 3 nitrogen and oxygen atoms in total. The number of ether oxygens (including phenoxy) is 1. The maximum Gasteiger partial charge on any atom is 0.0739 e. The molecule has 1 aromatic heterocycles. The van der Waals surface area contributed by atoms with Gasteiger partial charge >= 0.3 is 0 Å². The minimum Gasteiger partial charge on any atom is -0.387 e. The average Bonchev–Trinajstić information content (AvgIpc) is 2.71. The SMILES string of the molecule is CNc1ccc(C2=CCOC2)nc1. The first-order valence-electron chi connectivity index (χ1n) is 4.31. The average molecular weight is 176 g/mol. The van der Waals surface area contributed by atoms with Crippen LogP contribution < -0.4 is 5.32 Å². The highest BCUT2D eigenvalue weighted by Crippen LogP contribution is 2.17. The zero-order valence-electron chi connectivity index (χ0n) is 7.58. The van der Waals surface area contributed by atoms with E-state index >= 15 is 0 Å². The van der Waals surface area contributed by atoms with Gasteiger partial charge in [0.05, 0.1) is 30.8 Å². The molecular formula is C10H12N2O. The summed E-state index contributed by atoms with van der Waals surface area (Å²) in [6.07, 6.45) is 3.90. The number of pyridine rings is 1. The highest BCUT2D eigenvalue weighted by Gasteiger charge is 2.07. The molecule has 0 fully saturated rings. The van der Waals surface area contributed by atoms with E-state index in [-0.39, 0.29) is 0 Å². The van der Waals surface area contributed by atoms with Gasteiger partial charge in [0.2, 0.25) is 0 Å². The molecule has 3 heteroatoms. The number of anilines is 1. The maximum absolute atomic E-state index is 5.22. The molecule has 0 saturated carbocycles. The van der Waals surface area contributed by atoms with Gasteiger partial charge in [0.1, 0.15) is 0 Å². The van der Waals surface area contributed by atoms with Crippen LogP contribution in [0.1, 0.15) is 5.69 Å². The highest BCUT2D eigenvalue weighted by molar-refractivity contribution is 5.65. The van der Waals surface area contributed by atoms with Crippen LogP contribution in [-0.2, 0) is 4.74 Å². The van der Waals surface area contributed by atoms with Crippen molar-refractivity contribution in [3.63, 3.8) is 0 Å². The molecule has 1 aliphatic rings. The summed E-state index contributed by atoms with van der Waals surface area (Å²) in [6.45, 7) is 1.40. The van der Waals surface area contributed by atoms with E-state index in [1.165, 1.54) is 5.57 Å². The molecule has 0 radical (unpaired) electrons. The number of rotatable bonds is 2. The maximum atomic E-state index is 5.22. The number of nitrogens with zero attached hydrogens (tertiary/aromatic N) is 1. The van der Waals surface area contributed by atoms with Gasteiger partial charge in [0.25, 0.3) is 0 Å². The molecule has 0 aromatic carbocycles. The van der Waals surface area contributed by atoms with Crippen LogP contribution in [0.25, 0.3) is 5.57 Å². The Bertz CT molecular complexity index is 316. The van der Waals surface area contributed by atoms with E-state index < -0.39 is 0 Å². The minimum absolute atomic E-state index is 0.686. The molecule has 2 heterocycles. The van der Waals surface area contributed by atoms with Gasteiger partial charge in [-0.15, -0.1) is 0 Å². The lowest BCUT2D eigenvalue weighted by atomic mass is 10.2. The molecule has 68 valence electrons. The van der Waals surface area contributed by atoms with Crippen LogP contribution in [0.15, 0.2) is 24.4 Å². The normalized spacial score (nSPS) is 15.6. The van der Waals surface area contributed by atoms with E-state index in [1.54, 1.807) is 0 Å². The summed E-state index contributed by atoms with van der Waals surface area (Å²) in [6, 6.07) is 4.02. The van der Waals surface area contributed by atoms with Gasteiger partial charge < -0.3 is 10.1 Å². The molecule has 0 unspecified atom stereocenters. The monoisotopic (exact) mass is 176 g/mol. The van der Waals surface area contributed by atoms with E-state index in [9.17, 15) is 0 Å². The Balaban J connectivity index is 2.22. The third-order valence-electron chi connectivity index (χ3n) is 2.09. The Hall–Kier alpha value is -1.35. The van der Waals surface area contributed by atoms with Crippen LogP contribution in [0.5, 0.6) is 0 Å². The fourth-order valence-electron chi connectivity index (χ4n) is 1.30. The van der Waals surface area contributed by atoms with E-state index in [0.29, 0.717) is 13.2 Å². The lowest BCUT2D eigenvalue weighted by Gasteiger charge is -2.02. The minimum atomic E-state index is 0.686. The second kappa shape index (κ2) is 3.58. The van der Waals surface area contributed by atoms with Gasteiger partial charge in [0.15, 0.2) is 0 Å². The molecule has 0 spiro atoms. The smallest absolute Gasteiger partial charge is 0.0739 e. The van der Waals surface area contributed by atoms with Crippen molar-refractivity contribution in [3.8, 4) is 0 Å². The summed E-state index contributed by atoms with van der Waals surface area (Å²) in [7, 11) is 1.88. The third-order valence-corrected chi connectivity index (χ3v) is 2.09. The van der Waals surface area contributed by atoms with Crippen LogP contribution in [0.2, 0.25) is 0 Å². The summed E-state index contributed by atoms with van der Waals surface area (Å²) >= 11 is 0. The van der Waals surface area contributed by atoms with Gasteiger partial charge in [-0.3, -0.25) is 4.98 Å². The van der Waals surface area contributed by atoms with Gasteiger partial charge in [-0.25, -0.2) is 0 Å². The van der Waals surface area contributed by atoms with Crippen LogP contribution in [-0.4, -0.2) is 25.2 Å². The lowest BCUT2D eigenvalue weighted by molar-refractivity contribution is 0.216. The summed E-state index contributed by atoms with van der Waals surface area (Å²) in [5.41, 5.74) is 3.22. The predicted molar refractivity (Wildman–Crippen MR) is 52.6 cm³/mol. The van der Waals surface area contributed by atoms with E-state index in [4.69, 9.17) is 4.74 Å². The Morgan fingerprint density at radius 1 is 1.46 bits per heavy atom. The molecule has 0 aliphatic carbocycles. The lowest BCUT2D eigenvalue weighted by Crippen LogP contribution is -1.94. The van der Waals surface area contributed by atoms with Gasteiger partial charge in [0, 0.05) is 12.6 Å². The van der Waals surface area contributed by atoms with Crippen molar-refractivity contribution in [2.24, 2.45) is 0 Å². The quantitative estimate of drug-likeness (QED) is 0.742. The zero-order valence-corrected chi connectivity index (χ0v) is 7.58. The summed E-state index contributed by atoms with van der Waals surface area (Å²) < 4.78 is 5.22. The van der Waals surface area contributed by atoms with Crippen molar-refractivity contribution in [1.29, 1.82) is 0 Å².